The van der Waals surface area contributed by atoms with E-state index in [0.29, 0.717) is 22.5 Å². The lowest BCUT2D eigenvalue weighted by molar-refractivity contribution is 0.0573. The number of hydrogen-bond acceptors (Lipinski definition) is 3. The maximum Gasteiger partial charge on any atom is 0.270 e. The van der Waals surface area contributed by atoms with Crippen LogP contribution in [0.25, 0.3) is 0 Å². The van der Waals surface area contributed by atoms with Crippen molar-refractivity contribution in [3.63, 3.8) is 0 Å². The molecule has 0 aromatic carbocycles. The first-order chi connectivity index (χ1) is 9.16. The molecular weight excluding hydrogens is 256 g/mol. The third kappa shape index (κ3) is 3.28. The molecule has 1 aromatic heterocycles. The summed E-state index contributed by atoms with van der Waals surface area (Å²) in [5.74, 6) is -0.240. The van der Waals surface area contributed by atoms with Gasteiger partial charge in [0, 0.05) is 23.8 Å². The van der Waals surface area contributed by atoms with Gasteiger partial charge in [0.2, 0.25) is 0 Å². The number of carbonyl (C=O) groups is 2. The molecule has 0 aliphatic heterocycles. The molecule has 0 saturated carbocycles. The number of Topliss-reactive ketones (excluding diaryl/α,β-unsaturated/α-hetero) is 1. The fraction of sp³-hybridized carbons (Fsp3) is 0.600. The van der Waals surface area contributed by atoms with Crippen molar-refractivity contribution in [2.45, 2.75) is 53.7 Å². The third-order valence-corrected chi connectivity index (χ3v) is 3.35. The number of hydrogen-bond donors (Lipinski definition) is 2. The number of ketones is 1. The molecule has 0 aliphatic carbocycles. The molecule has 1 atom stereocenters. The van der Waals surface area contributed by atoms with Crippen molar-refractivity contribution in [1.82, 2.24) is 9.88 Å². The Morgan fingerprint density at radius 1 is 1.25 bits per heavy atom. The van der Waals surface area contributed by atoms with Gasteiger partial charge in [-0.1, -0.05) is 0 Å². The van der Waals surface area contributed by atoms with Gasteiger partial charge in [0.05, 0.1) is 6.10 Å². The van der Waals surface area contributed by atoms with Crippen molar-refractivity contribution >= 4 is 11.7 Å². The Bertz CT molecular complexity index is 515. The van der Waals surface area contributed by atoms with E-state index in [9.17, 15) is 14.7 Å². The van der Waals surface area contributed by atoms with Gasteiger partial charge in [-0.3, -0.25) is 9.59 Å². The van der Waals surface area contributed by atoms with Crippen molar-refractivity contribution in [2.75, 3.05) is 6.54 Å². The first-order valence-electron chi connectivity index (χ1n) is 6.85. The Balaban J connectivity index is 3.19. The van der Waals surface area contributed by atoms with E-state index in [4.69, 9.17) is 0 Å². The Morgan fingerprint density at radius 3 is 2.15 bits per heavy atom. The van der Waals surface area contributed by atoms with E-state index >= 15 is 0 Å². The van der Waals surface area contributed by atoms with Crippen LogP contribution in [0.1, 0.15) is 59.8 Å². The summed E-state index contributed by atoms with van der Waals surface area (Å²) in [6.45, 7) is 10.8. The van der Waals surface area contributed by atoms with Crippen LogP contribution in [-0.4, -0.2) is 45.4 Å². The van der Waals surface area contributed by atoms with Gasteiger partial charge in [-0.25, -0.2) is 0 Å². The molecule has 0 spiro atoms. The van der Waals surface area contributed by atoms with E-state index in [1.165, 1.54) is 6.92 Å². The molecule has 1 rings (SSSR count). The van der Waals surface area contributed by atoms with Crippen molar-refractivity contribution in [1.29, 1.82) is 0 Å². The minimum absolute atomic E-state index is 0.0270. The Labute approximate surface area is 120 Å². The predicted molar refractivity (Wildman–Crippen MR) is 78.1 cm³/mol. The zero-order valence-electron chi connectivity index (χ0n) is 13.1. The fourth-order valence-electron chi connectivity index (χ4n) is 2.45. The molecule has 0 aliphatic rings. The van der Waals surface area contributed by atoms with Crippen LogP contribution in [0.2, 0.25) is 0 Å². The molecule has 0 fully saturated rings. The number of H-pyrrole nitrogens is 1. The maximum atomic E-state index is 12.6. The van der Waals surface area contributed by atoms with E-state index in [1.807, 2.05) is 13.8 Å². The highest BCUT2D eigenvalue weighted by Crippen LogP contribution is 2.20. The number of nitrogens with one attached hydrogen (secondary N) is 1. The molecule has 0 radical (unpaired) electrons. The summed E-state index contributed by atoms with van der Waals surface area (Å²) in [5, 5.41) is 9.53. The molecule has 0 bridgehead atoms. The summed E-state index contributed by atoms with van der Waals surface area (Å²) in [4.78, 5) is 28.8. The average molecular weight is 280 g/mol. The van der Waals surface area contributed by atoms with Crippen molar-refractivity contribution in [3.05, 3.63) is 22.5 Å². The fourth-order valence-corrected chi connectivity index (χ4v) is 2.45. The number of aryl methyl sites for hydroxylation is 1. The maximum absolute atomic E-state index is 12.6. The Morgan fingerprint density at radius 2 is 1.80 bits per heavy atom. The predicted octanol–water partition coefficient (Wildman–Crippen LogP) is 2.07. The third-order valence-electron chi connectivity index (χ3n) is 3.35. The van der Waals surface area contributed by atoms with Crippen molar-refractivity contribution in [2.24, 2.45) is 0 Å². The average Bonchev–Trinajstić information content (AvgIpc) is 2.60. The van der Waals surface area contributed by atoms with Crippen LogP contribution >= 0.6 is 0 Å². The van der Waals surface area contributed by atoms with Gasteiger partial charge in [0.1, 0.15) is 5.69 Å². The largest absolute Gasteiger partial charge is 0.392 e. The van der Waals surface area contributed by atoms with E-state index in [1.54, 1.807) is 25.7 Å². The molecule has 2 N–H and O–H groups in total. The van der Waals surface area contributed by atoms with Crippen molar-refractivity contribution < 1.29 is 14.7 Å². The molecule has 20 heavy (non-hydrogen) atoms. The van der Waals surface area contributed by atoms with Gasteiger partial charge in [-0.05, 0) is 47.1 Å². The van der Waals surface area contributed by atoms with Gasteiger partial charge in [0.25, 0.3) is 5.91 Å². The van der Waals surface area contributed by atoms with E-state index < -0.39 is 6.10 Å². The standard InChI is InChI=1S/C15H24N2O3/c1-8(2)17(7-9(3)18)15(20)14-10(4)13(12(6)19)11(5)16-14/h8-9,16,18H,7H2,1-6H3. The number of amides is 1. The van der Waals surface area contributed by atoms with Crippen LogP contribution in [0, 0.1) is 13.8 Å². The molecule has 5 heteroatoms. The lowest BCUT2D eigenvalue weighted by Crippen LogP contribution is -2.41. The highest BCUT2D eigenvalue weighted by atomic mass is 16.3. The highest BCUT2D eigenvalue weighted by Gasteiger charge is 2.26. The van der Waals surface area contributed by atoms with Crippen LogP contribution in [-0.2, 0) is 0 Å². The van der Waals surface area contributed by atoms with Gasteiger partial charge in [0.15, 0.2) is 5.78 Å². The van der Waals surface area contributed by atoms with Gasteiger partial charge >= 0.3 is 0 Å². The lowest BCUT2D eigenvalue weighted by Gasteiger charge is -2.27. The monoisotopic (exact) mass is 280 g/mol. The van der Waals surface area contributed by atoms with Crippen LogP contribution < -0.4 is 0 Å². The van der Waals surface area contributed by atoms with Crippen LogP contribution in [0.15, 0.2) is 0 Å². The summed E-state index contributed by atoms with van der Waals surface area (Å²) in [7, 11) is 0. The first kappa shape index (κ1) is 16.4. The molecule has 5 nitrogen and oxygen atoms in total. The molecule has 0 saturated heterocycles. The van der Waals surface area contributed by atoms with E-state index in [-0.39, 0.29) is 24.3 Å². The summed E-state index contributed by atoms with van der Waals surface area (Å²) in [6.07, 6.45) is -0.593. The smallest absolute Gasteiger partial charge is 0.270 e. The van der Waals surface area contributed by atoms with Crippen LogP contribution in [0.5, 0.6) is 0 Å². The zero-order valence-corrected chi connectivity index (χ0v) is 13.1. The second kappa shape index (κ2) is 6.22. The summed E-state index contributed by atoms with van der Waals surface area (Å²) in [5.41, 5.74) is 2.39. The number of aromatic amines is 1. The minimum Gasteiger partial charge on any atom is -0.392 e. The van der Waals surface area contributed by atoms with Crippen LogP contribution in [0.4, 0.5) is 0 Å². The quantitative estimate of drug-likeness (QED) is 0.811. The topological polar surface area (TPSA) is 73.4 Å². The normalized spacial score (nSPS) is 12.6. The SMILES string of the molecule is CC(=O)c1c(C)[nH]c(C(=O)N(CC(C)O)C(C)C)c1C. The number of aliphatic hydroxyl groups excluding tert-OH is 1. The number of rotatable bonds is 5. The second-order valence-corrected chi connectivity index (χ2v) is 5.58. The van der Waals surface area contributed by atoms with Crippen molar-refractivity contribution in [3.8, 4) is 0 Å². The Kier molecular flexibility index (Phi) is 5.11. The summed E-state index contributed by atoms with van der Waals surface area (Å²) >= 11 is 0. The summed E-state index contributed by atoms with van der Waals surface area (Å²) in [6, 6.07) is -0.0270. The molecule has 1 heterocycles. The lowest BCUT2D eigenvalue weighted by atomic mass is 10.1. The zero-order chi connectivity index (χ0) is 15.6. The number of carbonyl (C=O) groups excluding carboxylic acids is 2. The molecule has 1 aromatic rings. The number of nitrogens with zero attached hydrogens (tertiary/aromatic N) is 1. The number of aliphatic hydroxyl groups is 1. The first-order valence-corrected chi connectivity index (χ1v) is 6.85. The molecule has 1 unspecified atom stereocenters. The molecule has 1 amide bonds. The second-order valence-electron chi connectivity index (χ2n) is 5.58. The van der Waals surface area contributed by atoms with Gasteiger partial charge in [-0.2, -0.15) is 0 Å². The van der Waals surface area contributed by atoms with Gasteiger partial charge < -0.3 is 15.0 Å². The summed E-state index contributed by atoms with van der Waals surface area (Å²) < 4.78 is 0. The van der Waals surface area contributed by atoms with E-state index in [0.717, 1.165) is 0 Å². The molecule has 112 valence electrons. The number of aromatic nitrogens is 1. The van der Waals surface area contributed by atoms with Gasteiger partial charge in [-0.15, -0.1) is 0 Å². The van der Waals surface area contributed by atoms with E-state index in [2.05, 4.69) is 4.98 Å². The highest BCUT2D eigenvalue weighted by molar-refractivity contribution is 6.02. The van der Waals surface area contributed by atoms with Crippen LogP contribution in [0.3, 0.4) is 0 Å². The Hall–Kier alpha value is -1.62. The minimum atomic E-state index is -0.593. The molecular formula is C15H24N2O3.